The lowest BCUT2D eigenvalue weighted by Gasteiger charge is -2.30. The fraction of sp³-hybridized carbons (Fsp3) is 0.118. The van der Waals surface area contributed by atoms with Gasteiger partial charge in [-0.05, 0) is 52.1 Å². The van der Waals surface area contributed by atoms with Crippen molar-refractivity contribution in [1.82, 2.24) is 4.90 Å². The summed E-state index contributed by atoms with van der Waals surface area (Å²) in [4.78, 5) is 28.0. The van der Waals surface area contributed by atoms with E-state index in [1.165, 1.54) is 4.90 Å². The Bertz CT molecular complexity index is 1550. The van der Waals surface area contributed by atoms with E-state index in [1.807, 2.05) is 116 Å². The second-order valence-electron chi connectivity index (χ2n) is 9.56. The van der Waals surface area contributed by atoms with Crippen LogP contribution in [0.25, 0.3) is 21.9 Å². The predicted octanol–water partition coefficient (Wildman–Crippen LogP) is 7.15. The van der Waals surface area contributed by atoms with Crippen LogP contribution >= 0.6 is 0 Å². The van der Waals surface area contributed by atoms with Gasteiger partial charge in [-0.2, -0.15) is 0 Å². The van der Waals surface area contributed by atoms with E-state index in [0.717, 1.165) is 38.6 Å². The summed E-state index contributed by atoms with van der Waals surface area (Å²) in [5.41, 5.74) is 5.44. The molecule has 0 radical (unpaired) electrons. The van der Waals surface area contributed by atoms with Crippen molar-refractivity contribution in [1.29, 1.82) is 0 Å². The van der Waals surface area contributed by atoms with Gasteiger partial charge in [0.2, 0.25) is 0 Å². The second-order valence-corrected chi connectivity index (χ2v) is 9.56. The van der Waals surface area contributed by atoms with Crippen LogP contribution in [0.2, 0.25) is 0 Å². The first kappa shape index (κ1) is 25.0. The zero-order chi connectivity index (χ0) is 26.5. The van der Waals surface area contributed by atoms with Gasteiger partial charge in [-0.25, -0.2) is 4.79 Å². The lowest BCUT2D eigenvalue weighted by atomic mass is 9.98. The molecule has 0 spiro atoms. The van der Waals surface area contributed by atoms with Crippen molar-refractivity contribution in [3.8, 4) is 11.1 Å². The summed E-state index contributed by atoms with van der Waals surface area (Å²) < 4.78 is 0. The Balaban J connectivity index is 1.50. The van der Waals surface area contributed by atoms with Crippen LogP contribution in [0.1, 0.15) is 27.0 Å². The molecule has 1 N–H and O–H groups in total. The van der Waals surface area contributed by atoms with Crippen molar-refractivity contribution in [3.63, 3.8) is 0 Å². The maximum atomic E-state index is 13.8. The number of hydrogen-bond donors (Lipinski definition) is 1. The van der Waals surface area contributed by atoms with E-state index in [0.29, 0.717) is 5.56 Å². The molecule has 5 aromatic carbocycles. The predicted molar refractivity (Wildman–Crippen MR) is 152 cm³/mol. The summed E-state index contributed by atoms with van der Waals surface area (Å²) in [5.74, 6) is -1.33. The molecule has 0 heterocycles. The average Bonchev–Trinajstić information content (AvgIpc) is 2.95. The van der Waals surface area contributed by atoms with Crippen molar-refractivity contribution in [2.45, 2.75) is 25.9 Å². The van der Waals surface area contributed by atoms with Crippen molar-refractivity contribution >= 4 is 22.6 Å². The van der Waals surface area contributed by atoms with Crippen molar-refractivity contribution in [2.24, 2.45) is 0 Å². The quantitative estimate of drug-likeness (QED) is 0.247. The highest BCUT2D eigenvalue weighted by atomic mass is 16.4. The van der Waals surface area contributed by atoms with Gasteiger partial charge in [0.05, 0.1) is 0 Å². The third-order valence-electron chi connectivity index (χ3n) is 6.93. The molecule has 0 saturated carbocycles. The number of rotatable bonds is 8. The number of carboxylic acids is 1. The normalized spacial score (nSPS) is 11.7. The van der Waals surface area contributed by atoms with E-state index in [-0.39, 0.29) is 18.9 Å². The number of amides is 1. The molecule has 0 aliphatic carbocycles. The summed E-state index contributed by atoms with van der Waals surface area (Å²) in [6.07, 6.45) is 0.201. The van der Waals surface area contributed by atoms with Gasteiger partial charge < -0.3 is 10.0 Å². The Morgan fingerprint density at radius 1 is 0.711 bits per heavy atom. The van der Waals surface area contributed by atoms with Crippen molar-refractivity contribution in [3.05, 3.63) is 144 Å². The van der Waals surface area contributed by atoms with Gasteiger partial charge in [0.1, 0.15) is 6.04 Å². The van der Waals surface area contributed by atoms with Crippen LogP contribution in [0.15, 0.2) is 121 Å². The van der Waals surface area contributed by atoms with Crippen molar-refractivity contribution < 1.29 is 14.7 Å². The number of hydrogen-bond acceptors (Lipinski definition) is 2. The minimum absolute atomic E-state index is 0.188. The molecule has 5 rings (SSSR count). The molecule has 0 bridgehead atoms. The molecule has 0 saturated heterocycles. The van der Waals surface area contributed by atoms with Crippen LogP contribution in [0, 0.1) is 6.92 Å². The van der Waals surface area contributed by atoms with E-state index < -0.39 is 12.0 Å². The number of carboxylic acid groups (broad SMARTS) is 1. The molecule has 0 aliphatic rings. The SMILES string of the molecule is Cc1ccc(C(=O)N(Cc2cccc3ccccc23)[C@H](Cc2ccc(-c3ccccc3)cc2)C(=O)O)cc1. The minimum atomic E-state index is -1.04. The Hall–Kier alpha value is -4.70. The minimum Gasteiger partial charge on any atom is -0.480 e. The van der Waals surface area contributed by atoms with Crippen LogP contribution < -0.4 is 0 Å². The summed E-state index contributed by atoms with van der Waals surface area (Å²) in [6, 6.07) is 38.1. The largest absolute Gasteiger partial charge is 0.480 e. The van der Waals surface area contributed by atoms with Crippen LogP contribution in [0.3, 0.4) is 0 Å². The van der Waals surface area contributed by atoms with Crippen LogP contribution in [0.5, 0.6) is 0 Å². The monoisotopic (exact) mass is 499 g/mol. The maximum absolute atomic E-state index is 13.8. The van der Waals surface area contributed by atoms with Gasteiger partial charge in [-0.3, -0.25) is 4.79 Å². The molecule has 1 amide bonds. The summed E-state index contributed by atoms with van der Waals surface area (Å²) in [7, 11) is 0. The number of carbonyl (C=O) groups excluding carboxylic acids is 1. The topological polar surface area (TPSA) is 57.6 Å². The first-order valence-corrected chi connectivity index (χ1v) is 12.7. The zero-order valence-corrected chi connectivity index (χ0v) is 21.2. The van der Waals surface area contributed by atoms with E-state index in [1.54, 1.807) is 12.1 Å². The molecule has 5 aromatic rings. The highest BCUT2D eigenvalue weighted by Gasteiger charge is 2.31. The summed E-state index contributed by atoms with van der Waals surface area (Å²) in [5, 5.41) is 12.4. The van der Waals surface area contributed by atoms with E-state index in [2.05, 4.69) is 0 Å². The number of aliphatic carboxylic acids is 1. The molecule has 0 unspecified atom stereocenters. The number of fused-ring (bicyclic) bond motifs is 1. The molecule has 4 nitrogen and oxygen atoms in total. The second kappa shape index (κ2) is 11.1. The molecule has 0 fully saturated rings. The average molecular weight is 500 g/mol. The molecule has 4 heteroatoms. The van der Waals surface area contributed by atoms with Crippen molar-refractivity contribution in [2.75, 3.05) is 0 Å². The lowest BCUT2D eigenvalue weighted by Crippen LogP contribution is -2.46. The standard InChI is InChI=1S/C34H29NO3/c1-24-14-18-29(19-15-24)33(36)35(23-30-12-7-11-28-10-5-6-13-31(28)30)32(34(37)38)22-25-16-20-27(21-17-25)26-8-3-2-4-9-26/h2-21,32H,22-23H2,1H3,(H,37,38)/t32-/m1/s1. The number of aryl methyl sites for hydroxylation is 1. The van der Waals surface area contributed by atoms with Gasteiger partial charge in [-0.1, -0.05) is 115 Å². The highest BCUT2D eigenvalue weighted by Crippen LogP contribution is 2.25. The Morgan fingerprint density at radius 3 is 2.05 bits per heavy atom. The fourth-order valence-electron chi connectivity index (χ4n) is 4.82. The molecule has 1 atom stereocenters. The van der Waals surface area contributed by atoms with Crippen LogP contribution in [0.4, 0.5) is 0 Å². The molecule has 0 aliphatic heterocycles. The van der Waals surface area contributed by atoms with E-state index in [9.17, 15) is 14.7 Å². The van der Waals surface area contributed by atoms with Crippen LogP contribution in [-0.2, 0) is 17.8 Å². The molecular formula is C34H29NO3. The summed E-state index contributed by atoms with van der Waals surface area (Å²) >= 11 is 0. The zero-order valence-electron chi connectivity index (χ0n) is 21.2. The van der Waals surface area contributed by atoms with Gasteiger partial charge in [0.15, 0.2) is 0 Å². The third-order valence-corrected chi connectivity index (χ3v) is 6.93. The van der Waals surface area contributed by atoms with Gasteiger partial charge in [0, 0.05) is 18.5 Å². The van der Waals surface area contributed by atoms with Crippen LogP contribution in [-0.4, -0.2) is 27.9 Å². The Morgan fingerprint density at radius 2 is 1.34 bits per heavy atom. The van der Waals surface area contributed by atoms with Gasteiger partial charge >= 0.3 is 5.97 Å². The van der Waals surface area contributed by atoms with E-state index in [4.69, 9.17) is 0 Å². The fourth-order valence-corrected chi connectivity index (χ4v) is 4.82. The number of carbonyl (C=O) groups is 2. The number of nitrogens with zero attached hydrogens (tertiary/aromatic N) is 1. The number of benzene rings is 5. The smallest absolute Gasteiger partial charge is 0.326 e. The molecule has 38 heavy (non-hydrogen) atoms. The third kappa shape index (κ3) is 5.50. The maximum Gasteiger partial charge on any atom is 0.326 e. The molecule has 188 valence electrons. The van der Waals surface area contributed by atoms with E-state index >= 15 is 0 Å². The Kier molecular flexibility index (Phi) is 7.32. The lowest BCUT2D eigenvalue weighted by molar-refractivity contribution is -0.142. The first-order chi connectivity index (χ1) is 18.5. The molecular weight excluding hydrogens is 470 g/mol. The summed E-state index contributed by atoms with van der Waals surface area (Å²) in [6.45, 7) is 2.15. The molecule has 0 aromatic heterocycles. The van der Waals surface area contributed by atoms with Gasteiger partial charge in [-0.15, -0.1) is 0 Å². The van der Waals surface area contributed by atoms with Gasteiger partial charge in [0.25, 0.3) is 5.91 Å². The highest BCUT2D eigenvalue weighted by molar-refractivity contribution is 5.97. The Labute approximate surface area is 222 Å². The first-order valence-electron chi connectivity index (χ1n) is 12.7.